The Morgan fingerprint density at radius 3 is 2.80 bits per heavy atom. The van der Waals surface area contributed by atoms with Crippen molar-refractivity contribution in [3.05, 3.63) is 17.5 Å². The van der Waals surface area contributed by atoms with E-state index in [1.165, 1.54) is 6.42 Å². The van der Waals surface area contributed by atoms with Gasteiger partial charge in [-0.2, -0.15) is 0 Å². The van der Waals surface area contributed by atoms with Gasteiger partial charge in [-0.05, 0) is 37.7 Å². The van der Waals surface area contributed by atoms with Crippen LogP contribution in [0, 0.1) is 12.8 Å². The van der Waals surface area contributed by atoms with Crippen molar-refractivity contribution in [3.8, 4) is 0 Å². The summed E-state index contributed by atoms with van der Waals surface area (Å²) < 4.78 is 0. The molecule has 1 aliphatic rings. The van der Waals surface area contributed by atoms with Crippen LogP contribution in [0.25, 0.3) is 0 Å². The van der Waals surface area contributed by atoms with Gasteiger partial charge < -0.3 is 10.4 Å². The van der Waals surface area contributed by atoms with E-state index in [0.717, 1.165) is 30.7 Å². The smallest absolute Gasteiger partial charge is 0.223 e. The Morgan fingerprint density at radius 1 is 1.45 bits per heavy atom. The number of rotatable bonds is 4. The molecule has 1 heterocycles. The number of hydrogen-bond donors (Lipinski definition) is 2. The highest BCUT2D eigenvalue weighted by Crippen LogP contribution is 2.34. The summed E-state index contributed by atoms with van der Waals surface area (Å²) in [6, 6.07) is 2.03. The Labute approximate surface area is 122 Å². The summed E-state index contributed by atoms with van der Waals surface area (Å²) in [5.41, 5.74) is 1.78. The number of nitrogens with zero attached hydrogens (tertiary/aromatic N) is 2. The van der Waals surface area contributed by atoms with Crippen LogP contribution in [-0.2, 0) is 0 Å². The van der Waals surface area contributed by atoms with Gasteiger partial charge in [-0.15, -0.1) is 0 Å². The summed E-state index contributed by atoms with van der Waals surface area (Å²) in [4.78, 5) is 9.11. The van der Waals surface area contributed by atoms with E-state index in [9.17, 15) is 5.11 Å². The third-order valence-corrected chi connectivity index (χ3v) is 4.24. The highest BCUT2D eigenvalue weighted by Gasteiger charge is 2.35. The second-order valence-corrected chi connectivity index (χ2v) is 6.68. The van der Waals surface area contributed by atoms with Gasteiger partial charge in [-0.1, -0.05) is 33.6 Å². The monoisotopic (exact) mass is 277 g/mol. The van der Waals surface area contributed by atoms with Crippen molar-refractivity contribution >= 4 is 5.95 Å². The fourth-order valence-electron chi connectivity index (χ4n) is 3.14. The SMILES string of the molecule is Cc1cc(C(C)C)nc(NC2(CO)CCCC(C)C2)n1. The largest absolute Gasteiger partial charge is 0.394 e. The molecule has 2 N–H and O–H groups in total. The number of anilines is 1. The average molecular weight is 277 g/mol. The molecule has 1 aromatic heterocycles. The van der Waals surface area contributed by atoms with Crippen molar-refractivity contribution in [1.29, 1.82) is 0 Å². The first kappa shape index (κ1) is 15.2. The molecule has 0 saturated heterocycles. The minimum Gasteiger partial charge on any atom is -0.394 e. The lowest BCUT2D eigenvalue weighted by Crippen LogP contribution is -2.46. The van der Waals surface area contributed by atoms with Crippen molar-refractivity contribution < 1.29 is 5.11 Å². The molecule has 0 radical (unpaired) electrons. The second kappa shape index (κ2) is 6.08. The molecule has 2 rings (SSSR count). The van der Waals surface area contributed by atoms with Gasteiger partial charge in [-0.3, -0.25) is 0 Å². The topological polar surface area (TPSA) is 58.0 Å². The molecule has 4 nitrogen and oxygen atoms in total. The molecule has 0 bridgehead atoms. The molecular formula is C16H27N3O. The number of aryl methyl sites for hydroxylation is 1. The molecular weight excluding hydrogens is 250 g/mol. The summed E-state index contributed by atoms with van der Waals surface area (Å²) in [6.07, 6.45) is 4.37. The molecule has 0 spiro atoms. The molecule has 20 heavy (non-hydrogen) atoms. The van der Waals surface area contributed by atoms with Gasteiger partial charge in [0.25, 0.3) is 0 Å². The van der Waals surface area contributed by atoms with Crippen LogP contribution < -0.4 is 5.32 Å². The molecule has 1 saturated carbocycles. The van der Waals surface area contributed by atoms with Gasteiger partial charge in [0.05, 0.1) is 12.1 Å². The van der Waals surface area contributed by atoms with Gasteiger partial charge >= 0.3 is 0 Å². The zero-order valence-corrected chi connectivity index (χ0v) is 13.1. The third kappa shape index (κ3) is 3.48. The summed E-state index contributed by atoms with van der Waals surface area (Å²) in [5.74, 6) is 1.68. The van der Waals surface area contributed by atoms with Gasteiger partial charge in [0.2, 0.25) is 5.95 Å². The predicted octanol–water partition coefficient (Wildman–Crippen LogP) is 3.26. The van der Waals surface area contributed by atoms with Crippen LogP contribution in [0.1, 0.15) is 63.8 Å². The van der Waals surface area contributed by atoms with E-state index in [1.54, 1.807) is 0 Å². The maximum Gasteiger partial charge on any atom is 0.223 e. The molecule has 1 aromatic rings. The molecule has 0 amide bonds. The maximum atomic E-state index is 9.85. The summed E-state index contributed by atoms with van der Waals surface area (Å²) in [6.45, 7) is 8.66. The Kier molecular flexibility index (Phi) is 4.63. The van der Waals surface area contributed by atoms with Gasteiger partial charge in [0.1, 0.15) is 0 Å². The zero-order valence-electron chi connectivity index (χ0n) is 13.1. The van der Waals surface area contributed by atoms with Crippen LogP contribution in [0.3, 0.4) is 0 Å². The third-order valence-electron chi connectivity index (χ3n) is 4.24. The first-order valence-electron chi connectivity index (χ1n) is 7.69. The van der Waals surface area contributed by atoms with Crippen molar-refractivity contribution in [1.82, 2.24) is 9.97 Å². The summed E-state index contributed by atoms with van der Waals surface area (Å²) in [5, 5.41) is 13.3. The van der Waals surface area contributed by atoms with E-state index in [4.69, 9.17) is 0 Å². The van der Waals surface area contributed by atoms with Crippen molar-refractivity contribution in [3.63, 3.8) is 0 Å². The Hall–Kier alpha value is -1.16. The summed E-state index contributed by atoms with van der Waals surface area (Å²) in [7, 11) is 0. The van der Waals surface area contributed by atoms with Gasteiger partial charge in [0.15, 0.2) is 0 Å². The molecule has 112 valence electrons. The van der Waals surface area contributed by atoms with Crippen LogP contribution in [0.2, 0.25) is 0 Å². The van der Waals surface area contributed by atoms with Gasteiger partial charge in [-0.25, -0.2) is 9.97 Å². The number of aliphatic hydroxyl groups is 1. The van der Waals surface area contributed by atoms with Crippen molar-refractivity contribution in [2.24, 2.45) is 5.92 Å². The number of aliphatic hydroxyl groups excluding tert-OH is 1. The molecule has 4 heteroatoms. The highest BCUT2D eigenvalue weighted by atomic mass is 16.3. The van der Waals surface area contributed by atoms with E-state index in [2.05, 4.69) is 36.1 Å². The van der Waals surface area contributed by atoms with E-state index in [1.807, 2.05) is 13.0 Å². The van der Waals surface area contributed by atoms with Crippen LogP contribution >= 0.6 is 0 Å². The Balaban J connectivity index is 2.23. The minimum atomic E-state index is -0.250. The molecule has 0 aromatic carbocycles. The quantitative estimate of drug-likeness (QED) is 0.887. The fourth-order valence-corrected chi connectivity index (χ4v) is 3.14. The van der Waals surface area contributed by atoms with E-state index >= 15 is 0 Å². The lowest BCUT2D eigenvalue weighted by atomic mass is 9.77. The fraction of sp³-hybridized carbons (Fsp3) is 0.750. The van der Waals surface area contributed by atoms with Gasteiger partial charge in [0, 0.05) is 11.4 Å². The highest BCUT2D eigenvalue weighted by molar-refractivity contribution is 5.33. The van der Waals surface area contributed by atoms with Crippen LogP contribution in [-0.4, -0.2) is 27.2 Å². The first-order chi connectivity index (χ1) is 9.44. The standard InChI is InChI=1S/C16H27N3O/c1-11(2)14-8-13(4)17-15(18-14)19-16(10-20)7-5-6-12(3)9-16/h8,11-12,20H,5-7,9-10H2,1-4H3,(H,17,18,19). The van der Waals surface area contributed by atoms with Crippen LogP contribution in [0.4, 0.5) is 5.95 Å². The molecule has 0 aliphatic heterocycles. The number of hydrogen-bond acceptors (Lipinski definition) is 4. The minimum absolute atomic E-state index is 0.144. The maximum absolute atomic E-state index is 9.85. The lowest BCUT2D eigenvalue weighted by Gasteiger charge is -2.39. The first-order valence-corrected chi connectivity index (χ1v) is 7.69. The Morgan fingerprint density at radius 2 is 2.20 bits per heavy atom. The van der Waals surface area contributed by atoms with Crippen LogP contribution in [0.15, 0.2) is 6.07 Å². The molecule has 1 fully saturated rings. The van der Waals surface area contributed by atoms with Crippen molar-refractivity contribution in [2.45, 2.75) is 64.8 Å². The number of nitrogens with one attached hydrogen (secondary N) is 1. The predicted molar refractivity (Wildman–Crippen MR) is 81.9 cm³/mol. The lowest BCUT2D eigenvalue weighted by molar-refractivity contribution is 0.149. The average Bonchev–Trinajstić information content (AvgIpc) is 2.38. The van der Waals surface area contributed by atoms with Crippen molar-refractivity contribution in [2.75, 3.05) is 11.9 Å². The van der Waals surface area contributed by atoms with Crippen LogP contribution in [0.5, 0.6) is 0 Å². The Bertz CT molecular complexity index is 461. The normalized spacial score (nSPS) is 26.8. The molecule has 1 aliphatic carbocycles. The van der Waals surface area contributed by atoms with E-state index < -0.39 is 0 Å². The summed E-state index contributed by atoms with van der Waals surface area (Å²) >= 11 is 0. The second-order valence-electron chi connectivity index (χ2n) is 6.68. The number of aromatic nitrogens is 2. The zero-order chi connectivity index (χ0) is 14.8. The molecule has 2 unspecified atom stereocenters. The van der Waals surface area contributed by atoms with E-state index in [-0.39, 0.29) is 12.1 Å². The molecule has 2 atom stereocenters. The van der Waals surface area contributed by atoms with E-state index in [0.29, 0.717) is 17.8 Å².